The number of thiophene rings is 1. The summed E-state index contributed by atoms with van der Waals surface area (Å²) in [5.74, 6) is -1.15. The highest BCUT2D eigenvalue weighted by Crippen LogP contribution is 2.33. The lowest BCUT2D eigenvalue weighted by Gasteiger charge is -1.94. The van der Waals surface area contributed by atoms with Gasteiger partial charge in [-0.25, -0.2) is 8.78 Å². The molecule has 0 atom stereocenters. The minimum Gasteiger partial charge on any atom is -0.391 e. The summed E-state index contributed by atoms with van der Waals surface area (Å²) < 4.78 is 26.6. The van der Waals surface area contributed by atoms with Gasteiger partial charge < -0.3 is 5.11 Å². The molecule has 1 aromatic carbocycles. The molecule has 0 aliphatic carbocycles. The van der Waals surface area contributed by atoms with E-state index in [2.05, 4.69) is 0 Å². The number of aliphatic hydroxyl groups excluding tert-OH is 1. The maximum absolute atomic E-state index is 13.3. The normalized spacial score (nSPS) is 11.1. The second kappa shape index (κ2) is 3.29. The van der Waals surface area contributed by atoms with Crippen LogP contribution in [-0.2, 0) is 6.61 Å². The number of hydrogen-bond acceptors (Lipinski definition) is 2. The van der Waals surface area contributed by atoms with Gasteiger partial charge in [0.25, 0.3) is 0 Å². The van der Waals surface area contributed by atoms with Gasteiger partial charge in [-0.3, -0.25) is 0 Å². The summed E-state index contributed by atoms with van der Waals surface area (Å²) in [5, 5.41) is 9.53. The summed E-state index contributed by atoms with van der Waals surface area (Å²) in [6.07, 6.45) is 0. The minimum absolute atomic E-state index is 0.133. The predicted octanol–water partition coefficient (Wildman–Crippen LogP) is 2.98. The molecule has 0 unspecified atom stereocenters. The van der Waals surface area contributed by atoms with Crippen molar-refractivity contribution in [3.63, 3.8) is 0 Å². The van der Waals surface area contributed by atoms with E-state index in [0.717, 1.165) is 11.6 Å². The molecule has 74 valence electrons. The maximum atomic E-state index is 13.3. The van der Waals surface area contributed by atoms with Crippen LogP contribution in [0.4, 0.5) is 8.78 Å². The smallest absolute Gasteiger partial charge is 0.143 e. The van der Waals surface area contributed by atoms with Crippen molar-refractivity contribution in [2.45, 2.75) is 13.5 Å². The Bertz CT molecular complexity index is 490. The standard InChI is InChI=1S/C10H8F2OS/c1-5-7-2-6(11)3-8(12)10(7)14-9(5)4-13/h2-3,13H,4H2,1H3. The van der Waals surface area contributed by atoms with Crippen LogP contribution < -0.4 is 0 Å². The molecule has 0 fully saturated rings. The van der Waals surface area contributed by atoms with Crippen molar-refractivity contribution < 1.29 is 13.9 Å². The molecular weight excluding hydrogens is 206 g/mol. The molecule has 0 aliphatic rings. The largest absolute Gasteiger partial charge is 0.391 e. The van der Waals surface area contributed by atoms with Crippen LogP contribution in [0.25, 0.3) is 10.1 Å². The van der Waals surface area contributed by atoms with Crippen molar-refractivity contribution in [3.05, 3.63) is 34.2 Å². The molecule has 0 radical (unpaired) electrons. The monoisotopic (exact) mass is 214 g/mol. The van der Waals surface area contributed by atoms with Crippen LogP contribution in [0.3, 0.4) is 0 Å². The number of benzene rings is 1. The Morgan fingerprint density at radius 2 is 2.07 bits per heavy atom. The van der Waals surface area contributed by atoms with E-state index >= 15 is 0 Å². The van der Waals surface area contributed by atoms with Gasteiger partial charge in [-0.1, -0.05) is 0 Å². The minimum atomic E-state index is -0.583. The number of aliphatic hydroxyl groups is 1. The highest BCUT2D eigenvalue weighted by atomic mass is 32.1. The Balaban J connectivity index is 2.85. The molecule has 2 rings (SSSR count). The fourth-order valence-electron chi connectivity index (χ4n) is 1.44. The molecule has 4 heteroatoms. The van der Waals surface area contributed by atoms with E-state index in [0.29, 0.717) is 15.0 Å². The van der Waals surface area contributed by atoms with Crippen molar-refractivity contribution in [1.29, 1.82) is 0 Å². The number of hydrogen-bond donors (Lipinski definition) is 1. The van der Waals surface area contributed by atoms with Crippen molar-refractivity contribution in [2.75, 3.05) is 0 Å². The van der Waals surface area contributed by atoms with Crippen molar-refractivity contribution in [1.82, 2.24) is 0 Å². The summed E-state index contributed by atoms with van der Waals surface area (Å²) in [6.45, 7) is 1.62. The van der Waals surface area contributed by atoms with Crippen molar-refractivity contribution in [2.24, 2.45) is 0 Å². The van der Waals surface area contributed by atoms with Crippen LogP contribution in [0, 0.1) is 18.6 Å². The maximum Gasteiger partial charge on any atom is 0.143 e. The van der Waals surface area contributed by atoms with Gasteiger partial charge in [0, 0.05) is 16.3 Å². The van der Waals surface area contributed by atoms with Gasteiger partial charge in [0.05, 0.1) is 11.3 Å². The Kier molecular flexibility index (Phi) is 2.25. The van der Waals surface area contributed by atoms with Gasteiger partial charge in [0.15, 0.2) is 0 Å². The van der Waals surface area contributed by atoms with Crippen LogP contribution in [0.1, 0.15) is 10.4 Å². The molecule has 0 amide bonds. The SMILES string of the molecule is Cc1c(CO)sc2c(F)cc(F)cc12. The summed E-state index contributed by atoms with van der Waals surface area (Å²) in [5.41, 5.74) is 0.755. The highest BCUT2D eigenvalue weighted by Gasteiger charge is 2.12. The average molecular weight is 214 g/mol. The van der Waals surface area contributed by atoms with E-state index in [1.54, 1.807) is 6.92 Å². The van der Waals surface area contributed by atoms with Gasteiger partial charge in [-0.05, 0) is 18.6 Å². The van der Waals surface area contributed by atoms with Gasteiger partial charge >= 0.3 is 0 Å². The summed E-state index contributed by atoms with van der Waals surface area (Å²) in [7, 11) is 0. The van der Waals surface area contributed by atoms with Gasteiger partial charge in [-0.15, -0.1) is 11.3 Å². The topological polar surface area (TPSA) is 20.2 Å². The van der Waals surface area contributed by atoms with Crippen LogP contribution in [-0.4, -0.2) is 5.11 Å². The Morgan fingerprint density at radius 1 is 1.36 bits per heavy atom. The summed E-state index contributed by atoms with van der Waals surface area (Å²) in [6, 6.07) is 2.16. The zero-order valence-corrected chi connectivity index (χ0v) is 8.29. The molecule has 0 bridgehead atoms. The van der Waals surface area contributed by atoms with E-state index in [9.17, 15) is 8.78 Å². The van der Waals surface area contributed by atoms with E-state index in [1.165, 1.54) is 17.4 Å². The third kappa shape index (κ3) is 1.31. The lowest BCUT2D eigenvalue weighted by molar-refractivity contribution is 0.285. The first-order valence-corrected chi connectivity index (χ1v) is 4.93. The highest BCUT2D eigenvalue weighted by molar-refractivity contribution is 7.19. The van der Waals surface area contributed by atoms with E-state index in [1.807, 2.05) is 0 Å². The molecule has 1 N–H and O–H groups in total. The Hall–Kier alpha value is -1.00. The third-order valence-electron chi connectivity index (χ3n) is 2.20. The fraction of sp³-hybridized carbons (Fsp3) is 0.200. The molecule has 1 heterocycles. The number of fused-ring (bicyclic) bond motifs is 1. The first-order chi connectivity index (χ1) is 6.63. The molecule has 0 aliphatic heterocycles. The van der Waals surface area contributed by atoms with Gasteiger partial charge in [-0.2, -0.15) is 0 Å². The van der Waals surface area contributed by atoms with Crippen LogP contribution >= 0.6 is 11.3 Å². The average Bonchev–Trinajstić information content (AvgIpc) is 2.44. The van der Waals surface area contributed by atoms with E-state index < -0.39 is 11.6 Å². The second-order valence-electron chi connectivity index (χ2n) is 3.07. The zero-order valence-electron chi connectivity index (χ0n) is 7.47. The fourth-order valence-corrected chi connectivity index (χ4v) is 2.50. The van der Waals surface area contributed by atoms with E-state index in [-0.39, 0.29) is 6.61 Å². The van der Waals surface area contributed by atoms with E-state index in [4.69, 9.17) is 5.11 Å². The zero-order chi connectivity index (χ0) is 10.3. The first-order valence-electron chi connectivity index (χ1n) is 4.11. The molecular formula is C10H8F2OS. The Labute approximate surface area is 83.6 Å². The number of aryl methyl sites for hydroxylation is 1. The summed E-state index contributed by atoms with van der Waals surface area (Å²) in [4.78, 5) is 0.685. The predicted molar refractivity (Wildman–Crippen MR) is 52.4 cm³/mol. The molecule has 0 spiro atoms. The molecule has 14 heavy (non-hydrogen) atoms. The van der Waals surface area contributed by atoms with Gasteiger partial charge in [0.2, 0.25) is 0 Å². The quantitative estimate of drug-likeness (QED) is 0.773. The van der Waals surface area contributed by atoms with Crippen LogP contribution in [0.2, 0.25) is 0 Å². The molecule has 2 aromatic rings. The van der Waals surface area contributed by atoms with Crippen LogP contribution in [0.5, 0.6) is 0 Å². The summed E-state index contributed by atoms with van der Waals surface area (Å²) >= 11 is 1.17. The van der Waals surface area contributed by atoms with Gasteiger partial charge in [0.1, 0.15) is 11.6 Å². The molecule has 0 saturated heterocycles. The third-order valence-corrected chi connectivity index (χ3v) is 3.50. The lowest BCUT2D eigenvalue weighted by atomic mass is 10.1. The van der Waals surface area contributed by atoms with Crippen molar-refractivity contribution >= 4 is 21.4 Å². The molecule has 0 saturated carbocycles. The van der Waals surface area contributed by atoms with Crippen LogP contribution in [0.15, 0.2) is 12.1 Å². The second-order valence-corrected chi connectivity index (χ2v) is 4.18. The lowest BCUT2D eigenvalue weighted by Crippen LogP contribution is -1.81. The Morgan fingerprint density at radius 3 is 2.71 bits per heavy atom. The first kappa shape index (κ1) is 9.55. The molecule has 1 aromatic heterocycles. The van der Waals surface area contributed by atoms with Crippen molar-refractivity contribution in [3.8, 4) is 0 Å². The number of halogens is 2. The molecule has 1 nitrogen and oxygen atoms in total. The number of rotatable bonds is 1.